The van der Waals surface area contributed by atoms with Crippen LogP contribution in [0.25, 0.3) is 0 Å². The normalized spacial score (nSPS) is 25.7. The zero-order valence-corrected chi connectivity index (χ0v) is 14.1. The fourth-order valence-corrected chi connectivity index (χ4v) is 3.76. The fourth-order valence-electron chi connectivity index (χ4n) is 3.76. The van der Waals surface area contributed by atoms with Gasteiger partial charge in [0.15, 0.2) is 5.60 Å². The van der Waals surface area contributed by atoms with Gasteiger partial charge in [-0.3, -0.25) is 0 Å². The Labute approximate surface area is 148 Å². The van der Waals surface area contributed by atoms with Gasteiger partial charge in [0, 0.05) is 30.4 Å². The first-order valence-corrected chi connectivity index (χ1v) is 8.70. The molecular formula is C18H21F4NO3. The Hall–Kier alpha value is -1.67. The Balaban J connectivity index is 1.94. The summed E-state index contributed by atoms with van der Waals surface area (Å²) < 4.78 is 60.3. The Morgan fingerprint density at radius 1 is 1.23 bits per heavy atom. The molecule has 0 spiro atoms. The molecule has 1 aliphatic heterocycles. The molecule has 2 aliphatic rings. The van der Waals surface area contributed by atoms with E-state index < -0.39 is 59.6 Å². The van der Waals surface area contributed by atoms with Crippen molar-refractivity contribution in [1.29, 1.82) is 0 Å². The van der Waals surface area contributed by atoms with Crippen LogP contribution < -0.4 is 5.32 Å². The van der Waals surface area contributed by atoms with Crippen molar-refractivity contribution in [2.45, 2.75) is 49.7 Å². The SMILES string of the molecule is O=C(OC1CCNCC1)[C@](O)(c1ccc(F)cc1F)[C@@H]1CCC(F)(F)C1. The molecule has 2 N–H and O–H groups in total. The molecular weight excluding hydrogens is 354 g/mol. The Bertz CT molecular complexity index is 678. The average Bonchev–Trinajstić information content (AvgIpc) is 2.95. The zero-order chi connectivity index (χ0) is 18.9. The lowest BCUT2D eigenvalue weighted by Gasteiger charge is -2.34. The van der Waals surface area contributed by atoms with Crippen LogP contribution in [-0.4, -0.2) is 36.2 Å². The van der Waals surface area contributed by atoms with Crippen LogP contribution in [0.5, 0.6) is 0 Å². The van der Waals surface area contributed by atoms with E-state index >= 15 is 0 Å². The second-order valence-corrected chi connectivity index (χ2v) is 7.04. The van der Waals surface area contributed by atoms with Crippen LogP contribution in [0.15, 0.2) is 18.2 Å². The number of hydrogen-bond acceptors (Lipinski definition) is 4. The van der Waals surface area contributed by atoms with Gasteiger partial charge in [-0.25, -0.2) is 22.4 Å². The van der Waals surface area contributed by atoms with Gasteiger partial charge in [0.1, 0.15) is 17.7 Å². The minimum atomic E-state index is -3.05. The third-order valence-corrected chi connectivity index (χ3v) is 5.21. The summed E-state index contributed by atoms with van der Waals surface area (Å²) >= 11 is 0. The molecule has 1 aromatic rings. The van der Waals surface area contributed by atoms with Gasteiger partial charge >= 0.3 is 5.97 Å². The number of carbonyl (C=O) groups is 1. The number of alkyl halides is 2. The van der Waals surface area contributed by atoms with Gasteiger partial charge in [0.25, 0.3) is 0 Å². The highest BCUT2D eigenvalue weighted by Crippen LogP contribution is 2.48. The predicted octanol–water partition coefficient (Wildman–Crippen LogP) is 2.88. The second kappa shape index (κ2) is 7.15. The Kier molecular flexibility index (Phi) is 5.25. The quantitative estimate of drug-likeness (QED) is 0.628. The number of carbonyl (C=O) groups excluding carboxylic acids is 1. The summed E-state index contributed by atoms with van der Waals surface area (Å²) in [5.74, 6) is -7.48. The van der Waals surface area contributed by atoms with Gasteiger partial charge in [-0.2, -0.15) is 0 Å². The largest absolute Gasteiger partial charge is 0.460 e. The summed E-state index contributed by atoms with van der Waals surface area (Å²) in [4.78, 5) is 12.8. The molecule has 2 atom stereocenters. The topological polar surface area (TPSA) is 58.6 Å². The fraction of sp³-hybridized carbons (Fsp3) is 0.611. The molecule has 0 amide bonds. The minimum Gasteiger partial charge on any atom is -0.460 e. The molecule has 3 rings (SSSR count). The Morgan fingerprint density at radius 3 is 2.50 bits per heavy atom. The van der Waals surface area contributed by atoms with Crippen molar-refractivity contribution >= 4 is 5.97 Å². The van der Waals surface area contributed by atoms with Crippen molar-refractivity contribution in [3.63, 3.8) is 0 Å². The Morgan fingerprint density at radius 2 is 1.92 bits per heavy atom. The van der Waals surface area contributed by atoms with Crippen molar-refractivity contribution < 1.29 is 32.2 Å². The molecule has 1 saturated carbocycles. The third-order valence-electron chi connectivity index (χ3n) is 5.21. The van der Waals surface area contributed by atoms with E-state index in [1.54, 1.807) is 0 Å². The lowest BCUT2D eigenvalue weighted by atomic mass is 9.79. The average molecular weight is 375 g/mol. The van der Waals surface area contributed by atoms with E-state index in [2.05, 4.69) is 5.32 Å². The first kappa shape index (κ1) is 19.1. The van der Waals surface area contributed by atoms with Crippen LogP contribution in [0.2, 0.25) is 0 Å². The van der Waals surface area contributed by atoms with E-state index in [0.717, 1.165) is 12.1 Å². The van der Waals surface area contributed by atoms with Crippen LogP contribution >= 0.6 is 0 Å². The van der Waals surface area contributed by atoms with E-state index in [4.69, 9.17) is 4.74 Å². The van der Waals surface area contributed by atoms with E-state index in [0.29, 0.717) is 32.0 Å². The monoisotopic (exact) mass is 375 g/mol. The van der Waals surface area contributed by atoms with Crippen molar-refractivity contribution in [1.82, 2.24) is 5.32 Å². The first-order chi connectivity index (χ1) is 12.2. The van der Waals surface area contributed by atoms with Crippen molar-refractivity contribution in [2.24, 2.45) is 5.92 Å². The maximum Gasteiger partial charge on any atom is 0.343 e. The lowest BCUT2D eigenvalue weighted by molar-refractivity contribution is -0.181. The molecule has 1 heterocycles. The third kappa shape index (κ3) is 3.71. The number of esters is 1. The number of hydrogen-bond donors (Lipinski definition) is 2. The second-order valence-electron chi connectivity index (χ2n) is 7.04. The van der Waals surface area contributed by atoms with Crippen LogP contribution in [-0.2, 0) is 15.1 Å². The summed E-state index contributed by atoms with van der Waals surface area (Å²) in [6.07, 6.45) is -0.906. The van der Waals surface area contributed by atoms with Gasteiger partial charge in [-0.05, 0) is 44.5 Å². The highest BCUT2D eigenvalue weighted by Gasteiger charge is 2.55. The molecule has 1 aromatic carbocycles. The number of rotatable bonds is 4. The van der Waals surface area contributed by atoms with Crippen LogP contribution in [0.4, 0.5) is 17.6 Å². The van der Waals surface area contributed by atoms with Crippen LogP contribution in [0, 0.1) is 17.6 Å². The van der Waals surface area contributed by atoms with Crippen molar-refractivity contribution in [3.8, 4) is 0 Å². The first-order valence-electron chi connectivity index (χ1n) is 8.70. The van der Waals surface area contributed by atoms with E-state index in [9.17, 15) is 27.5 Å². The maximum atomic E-state index is 14.3. The minimum absolute atomic E-state index is 0.165. The summed E-state index contributed by atoms with van der Waals surface area (Å²) in [6, 6.07) is 2.32. The number of benzene rings is 1. The number of piperidine rings is 1. The summed E-state index contributed by atoms with van der Waals surface area (Å²) in [5, 5.41) is 14.2. The van der Waals surface area contributed by atoms with E-state index in [-0.39, 0.29) is 6.42 Å². The van der Waals surface area contributed by atoms with E-state index in [1.165, 1.54) is 0 Å². The van der Waals surface area contributed by atoms with Crippen LogP contribution in [0.1, 0.15) is 37.7 Å². The molecule has 2 fully saturated rings. The summed E-state index contributed by atoms with van der Waals surface area (Å²) in [5.41, 5.74) is -3.11. The van der Waals surface area contributed by atoms with Gasteiger partial charge in [-0.1, -0.05) is 0 Å². The molecule has 0 unspecified atom stereocenters. The number of ether oxygens (including phenoxy) is 1. The number of nitrogens with one attached hydrogen (secondary N) is 1. The van der Waals surface area contributed by atoms with Gasteiger partial charge in [0.05, 0.1) is 0 Å². The standard InChI is InChI=1S/C18H21F4NO3/c19-12-1-2-14(15(20)9-12)18(25,11-3-6-17(21,22)10-11)16(24)26-13-4-7-23-8-5-13/h1-2,9,11,13,23,25H,3-8,10H2/t11-,18-/m1/s1. The van der Waals surface area contributed by atoms with Crippen molar-refractivity contribution in [3.05, 3.63) is 35.4 Å². The predicted molar refractivity (Wildman–Crippen MR) is 84.5 cm³/mol. The molecule has 0 radical (unpaired) electrons. The van der Waals surface area contributed by atoms with Gasteiger partial charge < -0.3 is 15.2 Å². The number of halogens is 4. The molecule has 1 saturated heterocycles. The lowest BCUT2D eigenvalue weighted by Crippen LogP contribution is -2.47. The van der Waals surface area contributed by atoms with Crippen molar-refractivity contribution in [2.75, 3.05) is 13.1 Å². The summed E-state index contributed by atoms with van der Waals surface area (Å²) in [6.45, 7) is 1.23. The molecule has 0 aromatic heterocycles. The van der Waals surface area contributed by atoms with Gasteiger partial charge in [0.2, 0.25) is 5.92 Å². The highest BCUT2D eigenvalue weighted by atomic mass is 19.3. The molecule has 26 heavy (non-hydrogen) atoms. The van der Waals surface area contributed by atoms with Gasteiger partial charge in [-0.15, -0.1) is 0 Å². The maximum absolute atomic E-state index is 14.3. The van der Waals surface area contributed by atoms with E-state index in [1.807, 2.05) is 0 Å². The smallest absolute Gasteiger partial charge is 0.343 e. The molecule has 144 valence electrons. The highest BCUT2D eigenvalue weighted by molar-refractivity contribution is 5.82. The molecule has 4 nitrogen and oxygen atoms in total. The molecule has 8 heteroatoms. The zero-order valence-electron chi connectivity index (χ0n) is 14.1. The number of aliphatic hydroxyl groups is 1. The van der Waals surface area contributed by atoms with Crippen LogP contribution in [0.3, 0.4) is 0 Å². The molecule has 0 bridgehead atoms. The molecule has 1 aliphatic carbocycles. The summed E-state index contributed by atoms with van der Waals surface area (Å²) in [7, 11) is 0.